The number of nitrogens with zero attached hydrogens (tertiary/aromatic N) is 1. The van der Waals surface area contributed by atoms with E-state index in [4.69, 9.17) is 0 Å². The van der Waals surface area contributed by atoms with Crippen LogP contribution < -0.4 is 10.7 Å². The Bertz CT molecular complexity index is 757. The number of hydrazine groups is 1. The van der Waals surface area contributed by atoms with Crippen LogP contribution >= 0.6 is 0 Å². The number of fused-ring (bicyclic) bond motifs is 1. The van der Waals surface area contributed by atoms with Gasteiger partial charge in [0.2, 0.25) is 0 Å². The Hall–Kier alpha value is -1.92. The molecule has 1 aliphatic carbocycles. The van der Waals surface area contributed by atoms with Crippen molar-refractivity contribution in [1.29, 1.82) is 0 Å². The third kappa shape index (κ3) is 3.70. The first-order valence-corrected chi connectivity index (χ1v) is 8.92. The largest absolute Gasteiger partial charge is 0.361 e. The van der Waals surface area contributed by atoms with E-state index >= 15 is 0 Å². The van der Waals surface area contributed by atoms with Crippen molar-refractivity contribution in [3.63, 3.8) is 0 Å². The molecule has 2 aromatic rings. The summed E-state index contributed by atoms with van der Waals surface area (Å²) < 4.78 is 13.5. The van der Waals surface area contributed by atoms with Crippen LogP contribution in [0.4, 0.5) is 4.39 Å². The quantitative estimate of drug-likeness (QED) is 0.676. The molecule has 3 unspecified atom stereocenters. The summed E-state index contributed by atoms with van der Waals surface area (Å²) >= 11 is 0. The van der Waals surface area contributed by atoms with Gasteiger partial charge in [0.1, 0.15) is 5.82 Å². The molecule has 1 aromatic heterocycles. The highest BCUT2D eigenvalue weighted by Crippen LogP contribution is 2.49. The minimum atomic E-state index is -0.239. The van der Waals surface area contributed by atoms with Gasteiger partial charge in [-0.1, -0.05) is 0 Å². The number of amides is 1. The number of benzene rings is 1. The van der Waals surface area contributed by atoms with Crippen LogP contribution in [0.3, 0.4) is 0 Å². The Morgan fingerprint density at radius 2 is 2.16 bits per heavy atom. The monoisotopic (exact) mass is 346 g/mol. The summed E-state index contributed by atoms with van der Waals surface area (Å²) in [6.45, 7) is 6.64. The SMILES string of the molecule is CNN(C(=O)C(C)NCC1CC1c1c[nH]c2ccc(F)cc12)C(C)C. The van der Waals surface area contributed by atoms with Gasteiger partial charge < -0.3 is 10.3 Å². The van der Waals surface area contributed by atoms with Crippen LogP contribution in [0.25, 0.3) is 10.9 Å². The van der Waals surface area contributed by atoms with Gasteiger partial charge in [-0.25, -0.2) is 9.82 Å². The van der Waals surface area contributed by atoms with Gasteiger partial charge in [-0.2, -0.15) is 0 Å². The summed E-state index contributed by atoms with van der Waals surface area (Å²) in [5, 5.41) is 5.96. The molecule has 1 heterocycles. The van der Waals surface area contributed by atoms with Gasteiger partial charge in [0.15, 0.2) is 0 Å². The fourth-order valence-electron chi connectivity index (χ4n) is 3.52. The van der Waals surface area contributed by atoms with Crippen LogP contribution in [0, 0.1) is 11.7 Å². The predicted octanol–water partition coefficient (Wildman–Crippen LogP) is 2.76. The van der Waals surface area contributed by atoms with Crippen molar-refractivity contribution < 1.29 is 9.18 Å². The lowest BCUT2D eigenvalue weighted by atomic mass is 10.1. The number of hydrogen-bond donors (Lipinski definition) is 3. The predicted molar refractivity (Wildman–Crippen MR) is 97.6 cm³/mol. The maximum absolute atomic E-state index is 13.5. The van der Waals surface area contributed by atoms with Gasteiger partial charge in [-0.15, -0.1) is 0 Å². The van der Waals surface area contributed by atoms with E-state index in [-0.39, 0.29) is 23.8 Å². The zero-order chi connectivity index (χ0) is 18.1. The average Bonchev–Trinajstić information content (AvgIpc) is 3.23. The van der Waals surface area contributed by atoms with Crippen molar-refractivity contribution in [3.05, 3.63) is 35.8 Å². The highest BCUT2D eigenvalue weighted by Gasteiger charge is 2.40. The Morgan fingerprint density at radius 1 is 1.40 bits per heavy atom. The summed E-state index contributed by atoms with van der Waals surface area (Å²) in [6.07, 6.45) is 3.06. The molecule has 3 N–H and O–H groups in total. The molecule has 3 atom stereocenters. The van der Waals surface area contributed by atoms with E-state index in [2.05, 4.69) is 15.7 Å². The molecule has 1 aromatic carbocycles. The third-order valence-electron chi connectivity index (χ3n) is 5.05. The van der Waals surface area contributed by atoms with Crippen molar-refractivity contribution >= 4 is 16.8 Å². The highest BCUT2D eigenvalue weighted by atomic mass is 19.1. The van der Waals surface area contributed by atoms with E-state index in [9.17, 15) is 9.18 Å². The number of carbonyl (C=O) groups is 1. The molecule has 0 radical (unpaired) electrons. The van der Waals surface area contributed by atoms with E-state index in [0.29, 0.717) is 11.8 Å². The van der Waals surface area contributed by atoms with Gasteiger partial charge >= 0.3 is 0 Å². The zero-order valence-electron chi connectivity index (χ0n) is 15.3. The van der Waals surface area contributed by atoms with E-state index in [0.717, 1.165) is 23.9 Å². The Kier molecular flexibility index (Phi) is 5.11. The molecule has 0 saturated heterocycles. The topological polar surface area (TPSA) is 60.2 Å². The van der Waals surface area contributed by atoms with Crippen molar-refractivity contribution in [3.8, 4) is 0 Å². The van der Waals surface area contributed by atoms with Crippen molar-refractivity contribution in [2.24, 2.45) is 5.92 Å². The van der Waals surface area contributed by atoms with Crippen molar-refractivity contribution in [2.75, 3.05) is 13.6 Å². The molecule has 0 spiro atoms. The van der Waals surface area contributed by atoms with Gasteiger partial charge in [0, 0.05) is 30.2 Å². The highest BCUT2D eigenvalue weighted by molar-refractivity contribution is 5.84. The molecule has 136 valence electrons. The van der Waals surface area contributed by atoms with Crippen molar-refractivity contribution in [2.45, 2.75) is 45.2 Å². The average molecular weight is 346 g/mol. The Balaban J connectivity index is 1.57. The summed E-state index contributed by atoms with van der Waals surface area (Å²) in [5.41, 5.74) is 5.10. The standard InChI is InChI=1S/C19H27FN4O/c1-11(2)24(21-4)19(25)12(3)22-9-13-7-15(13)17-10-23-18-6-5-14(20)8-16(17)18/h5-6,8,10-13,15,21-23H,7,9H2,1-4H3. The van der Waals surface area contributed by atoms with E-state index in [1.165, 1.54) is 11.6 Å². The molecule has 5 nitrogen and oxygen atoms in total. The second kappa shape index (κ2) is 7.14. The lowest BCUT2D eigenvalue weighted by Gasteiger charge is -2.28. The maximum Gasteiger partial charge on any atom is 0.253 e. The van der Waals surface area contributed by atoms with E-state index in [1.807, 2.05) is 27.0 Å². The molecule has 6 heteroatoms. The van der Waals surface area contributed by atoms with Gasteiger partial charge in [0.05, 0.1) is 6.04 Å². The van der Waals surface area contributed by atoms with Crippen LogP contribution in [-0.4, -0.2) is 41.6 Å². The van der Waals surface area contributed by atoms with Crippen LogP contribution in [0.2, 0.25) is 0 Å². The molecule has 25 heavy (non-hydrogen) atoms. The summed E-state index contributed by atoms with van der Waals surface area (Å²) in [4.78, 5) is 15.6. The molecular weight excluding hydrogens is 319 g/mol. The van der Waals surface area contributed by atoms with Crippen LogP contribution in [0.1, 0.15) is 38.7 Å². The second-order valence-electron chi connectivity index (χ2n) is 7.19. The minimum absolute atomic E-state index is 0.0452. The smallest absolute Gasteiger partial charge is 0.253 e. The van der Waals surface area contributed by atoms with E-state index < -0.39 is 0 Å². The maximum atomic E-state index is 13.5. The number of carbonyl (C=O) groups excluding carboxylic acids is 1. The number of rotatable bonds is 7. The molecular formula is C19H27FN4O. The molecule has 1 fully saturated rings. The Morgan fingerprint density at radius 3 is 2.84 bits per heavy atom. The fraction of sp³-hybridized carbons (Fsp3) is 0.526. The fourth-order valence-corrected chi connectivity index (χ4v) is 3.52. The first kappa shape index (κ1) is 17.9. The number of H-pyrrole nitrogens is 1. The Labute approximate surface area is 147 Å². The number of nitrogens with one attached hydrogen (secondary N) is 3. The van der Waals surface area contributed by atoms with Crippen LogP contribution in [0.5, 0.6) is 0 Å². The number of halogens is 1. The molecule has 0 aliphatic heterocycles. The summed E-state index contributed by atoms with van der Waals surface area (Å²) in [7, 11) is 1.76. The van der Waals surface area contributed by atoms with Gasteiger partial charge in [0.25, 0.3) is 5.91 Å². The van der Waals surface area contributed by atoms with Crippen LogP contribution in [-0.2, 0) is 4.79 Å². The van der Waals surface area contributed by atoms with Crippen molar-refractivity contribution in [1.82, 2.24) is 20.7 Å². The second-order valence-corrected chi connectivity index (χ2v) is 7.19. The van der Waals surface area contributed by atoms with Gasteiger partial charge in [-0.05, 0) is 69.3 Å². The summed E-state index contributed by atoms with van der Waals surface area (Å²) in [5.74, 6) is 0.753. The number of aromatic nitrogens is 1. The normalized spacial score (nSPS) is 20.9. The van der Waals surface area contributed by atoms with E-state index in [1.54, 1.807) is 24.2 Å². The molecule has 3 rings (SSSR count). The minimum Gasteiger partial charge on any atom is -0.361 e. The lowest BCUT2D eigenvalue weighted by Crippen LogP contribution is -2.53. The van der Waals surface area contributed by atoms with Crippen LogP contribution in [0.15, 0.2) is 24.4 Å². The number of hydrogen-bond acceptors (Lipinski definition) is 3. The molecule has 1 aliphatic rings. The molecule has 0 bridgehead atoms. The first-order valence-electron chi connectivity index (χ1n) is 8.92. The molecule has 1 saturated carbocycles. The lowest BCUT2D eigenvalue weighted by molar-refractivity contribution is -0.137. The van der Waals surface area contributed by atoms with Gasteiger partial charge in [-0.3, -0.25) is 9.80 Å². The summed E-state index contributed by atoms with van der Waals surface area (Å²) in [6, 6.07) is 4.73. The first-order chi connectivity index (χ1) is 11.9. The third-order valence-corrected chi connectivity index (χ3v) is 5.05. The number of aromatic amines is 1. The molecule has 1 amide bonds. The zero-order valence-corrected chi connectivity index (χ0v) is 15.3.